The van der Waals surface area contributed by atoms with Crippen molar-refractivity contribution in [2.45, 2.75) is 51.4 Å². The Morgan fingerprint density at radius 1 is 1.33 bits per heavy atom. The monoisotopic (exact) mass is 294 g/mol. The normalized spacial score (nSPS) is 12.6. The smallest absolute Gasteiger partial charge is 0.220 e. The van der Waals surface area contributed by atoms with E-state index in [1.165, 1.54) is 19.3 Å². The second kappa shape index (κ2) is 10.4. The lowest BCUT2D eigenvalue weighted by Crippen LogP contribution is -2.32. The summed E-state index contributed by atoms with van der Waals surface area (Å²) in [6.45, 7) is 3.78. The minimum absolute atomic E-state index is 0.119. The van der Waals surface area contributed by atoms with Gasteiger partial charge in [0.05, 0.1) is 6.26 Å². The number of hydrogen-bond donors (Lipinski definition) is 1. The van der Waals surface area contributed by atoms with Gasteiger partial charge in [0, 0.05) is 25.4 Å². The van der Waals surface area contributed by atoms with Gasteiger partial charge in [-0.25, -0.2) is 0 Å². The highest BCUT2D eigenvalue weighted by molar-refractivity contribution is 5.76. The SMILES string of the molecule is CCCCCCC(CC(=O)NCCN(C)C)c1ccco1. The molecule has 4 heteroatoms. The maximum Gasteiger partial charge on any atom is 0.220 e. The van der Waals surface area contributed by atoms with Gasteiger partial charge < -0.3 is 14.6 Å². The van der Waals surface area contributed by atoms with Crippen LogP contribution in [0.15, 0.2) is 22.8 Å². The molecule has 1 rings (SSSR count). The summed E-state index contributed by atoms with van der Waals surface area (Å²) in [6, 6.07) is 3.88. The van der Waals surface area contributed by atoms with E-state index in [-0.39, 0.29) is 11.8 Å². The van der Waals surface area contributed by atoms with E-state index in [9.17, 15) is 4.79 Å². The summed E-state index contributed by atoms with van der Waals surface area (Å²) in [6.07, 6.45) is 8.12. The lowest BCUT2D eigenvalue weighted by molar-refractivity contribution is -0.121. The first-order valence-electron chi connectivity index (χ1n) is 8.08. The summed E-state index contributed by atoms with van der Waals surface area (Å²) in [7, 11) is 4.01. The fourth-order valence-electron chi connectivity index (χ4n) is 2.40. The maximum atomic E-state index is 12.0. The molecule has 0 fully saturated rings. The van der Waals surface area contributed by atoms with Crippen LogP contribution in [0.5, 0.6) is 0 Å². The van der Waals surface area contributed by atoms with E-state index >= 15 is 0 Å². The Bertz CT molecular complexity index is 374. The van der Waals surface area contributed by atoms with Gasteiger partial charge in [0.25, 0.3) is 0 Å². The minimum atomic E-state index is 0.119. The van der Waals surface area contributed by atoms with E-state index in [0.717, 1.165) is 25.1 Å². The molecule has 0 radical (unpaired) electrons. The molecule has 4 nitrogen and oxygen atoms in total. The van der Waals surface area contributed by atoms with E-state index in [1.807, 2.05) is 26.2 Å². The number of carbonyl (C=O) groups excluding carboxylic acids is 1. The van der Waals surface area contributed by atoms with Crippen LogP contribution < -0.4 is 5.32 Å². The fraction of sp³-hybridized carbons (Fsp3) is 0.706. The van der Waals surface area contributed by atoms with Crippen LogP contribution in [-0.4, -0.2) is 38.0 Å². The van der Waals surface area contributed by atoms with Crippen molar-refractivity contribution >= 4 is 5.91 Å². The molecule has 21 heavy (non-hydrogen) atoms. The van der Waals surface area contributed by atoms with Crippen LogP contribution >= 0.6 is 0 Å². The third-order valence-electron chi connectivity index (χ3n) is 3.66. The number of carbonyl (C=O) groups is 1. The summed E-state index contributed by atoms with van der Waals surface area (Å²) in [5, 5.41) is 2.99. The number of unbranched alkanes of at least 4 members (excludes halogenated alkanes) is 3. The minimum Gasteiger partial charge on any atom is -0.469 e. The van der Waals surface area contributed by atoms with Gasteiger partial charge in [0.2, 0.25) is 5.91 Å². The van der Waals surface area contributed by atoms with Crippen LogP contribution in [0.3, 0.4) is 0 Å². The first-order valence-corrected chi connectivity index (χ1v) is 8.08. The number of furan rings is 1. The van der Waals surface area contributed by atoms with Gasteiger partial charge in [-0.15, -0.1) is 0 Å². The van der Waals surface area contributed by atoms with Crippen molar-refractivity contribution < 1.29 is 9.21 Å². The molecule has 1 unspecified atom stereocenters. The zero-order valence-corrected chi connectivity index (χ0v) is 13.7. The highest BCUT2D eigenvalue weighted by Gasteiger charge is 2.18. The molecule has 120 valence electrons. The van der Waals surface area contributed by atoms with Gasteiger partial charge >= 0.3 is 0 Å². The van der Waals surface area contributed by atoms with E-state index in [0.29, 0.717) is 13.0 Å². The standard InChI is InChI=1S/C17H30N2O2/c1-4-5-6-7-9-15(16-10-8-13-21-16)14-17(20)18-11-12-19(2)3/h8,10,13,15H,4-7,9,11-12,14H2,1-3H3,(H,18,20). The quantitative estimate of drug-likeness (QED) is 0.636. The molecule has 1 aromatic heterocycles. The second-order valence-corrected chi connectivity index (χ2v) is 5.92. The number of hydrogen-bond acceptors (Lipinski definition) is 3. The van der Waals surface area contributed by atoms with Crippen molar-refractivity contribution in [1.82, 2.24) is 10.2 Å². The van der Waals surface area contributed by atoms with Crippen molar-refractivity contribution in [3.05, 3.63) is 24.2 Å². The van der Waals surface area contributed by atoms with E-state index in [1.54, 1.807) is 6.26 Å². The molecule has 0 saturated heterocycles. The van der Waals surface area contributed by atoms with Gasteiger partial charge in [-0.3, -0.25) is 4.79 Å². The molecule has 1 atom stereocenters. The lowest BCUT2D eigenvalue weighted by atomic mass is 9.94. The lowest BCUT2D eigenvalue weighted by Gasteiger charge is -2.15. The Hall–Kier alpha value is -1.29. The number of likely N-dealkylation sites (N-methyl/N-ethyl adjacent to an activating group) is 1. The predicted molar refractivity (Wildman–Crippen MR) is 86.4 cm³/mol. The van der Waals surface area contributed by atoms with Crippen LogP contribution in [0.4, 0.5) is 0 Å². The molecule has 0 aliphatic heterocycles. The number of nitrogens with one attached hydrogen (secondary N) is 1. The summed E-state index contributed by atoms with van der Waals surface area (Å²) < 4.78 is 5.51. The molecular weight excluding hydrogens is 264 g/mol. The zero-order valence-electron chi connectivity index (χ0n) is 13.7. The number of rotatable bonds is 11. The van der Waals surface area contributed by atoms with Crippen LogP contribution in [0.1, 0.15) is 57.1 Å². The van der Waals surface area contributed by atoms with Crippen LogP contribution in [-0.2, 0) is 4.79 Å². The Morgan fingerprint density at radius 3 is 2.76 bits per heavy atom. The zero-order chi connectivity index (χ0) is 15.5. The topological polar surface area (TPSA) is 45.5 Å². The summed E-state index contributed by atoms with van der Waals surface area (Å²) in [5.74, 6) is 1.26. The highest BCUT2D eigenvalue weighted by Crippen LogP contribution is 2.26. The van der Waals surface area contributed by atoms with Crippen molar-refractivity contribution in [2.24, 2.45) is 0 Å². The summed E-state index contributed by atoms with van der Waals surface area (Å²) in [5.41, 5.74) is 0. The van der Waals surface area contributed by atoms with Crippen molar-refractivity contribution in [3.8, 4) is 0 Å². The van der Waals surface area contributed by atoms with Gasteiger partial charge in [0.1, 0.15) is 5.76 Å². The van der Waals surface area contributed by atoms with Gasteiger partial charge in [-0.05, 0) is 32.6 Å². The average Bonchev–Trinajstić information content (AvgIpc) is 2.95. The van der Waals surface area contributed by atoms with Gasteiger partial charge in [-0.2, -0.15) is 0 Å². The van der Waals surface area contributed by atoms with Crippen molar-refractivity contribution in [3.63, 3.8) is 0 Å². The second-order valence-electron chi connectivity index (χ2n) is 5.92. The molecule has 0 spiro atoms. The molecule has 1 N–H and O–H groups in total. The Labute approximate surface area is 128 Å². The average molecular weight is 294 g/mol. The van der Waals surface area contributed by atoms with Crippen LogP contribution in [0.25, 0.3) is 0 Å². The van der Waals surface area contributed by atoms with E-state index in [4.69, 9.17) is 4.42 Å². The van der Waals surface area contributed by atoms with Gasteiger partial charge in [0.15, 0.2) is 0 Å². The fourth-order valence-corrected chi connectivity index (χ4v) is 2.40. The van der Waals surface area contributed by atoms with Crippen LogP contribution in [0.2, 0.25) is 0 Å². The highest BCUT2D eigenvalue weighted by atomic mass is 16.3. The molecule has 0 aliphatic rings. The van der Waals surface area contributed by atoms with Crippen molar-refractivity contribution in [1.29, 1.82) is 0 Å². The Balaban J connectivity index is 2.39. The van der Waals surface area contributed by atoms with E-state index in [2.05, 4.69) is 17.1 Å². The molecular formula is C17H30N2O2. The molecule has 1 aromatic rings. The molecule has 0 aliphatic carbocycles. The maximum absolute atomic E-state index is 12.0. The molecule has 1 heterocycles. The largest absolute Gasteiger partial charge is 0.469 e. The Morgan fingerprint density at radius 2 is 2.14 bits per heavy atom. The number of amides is 1. The summed E-state index contributed by atoms with van der Waals surface area (Å²) in [4.78, 5) is 14.1. The first-order chi connectivity index (χ1) is 10.1. The van der Waals surface area contributed by atoms with Crippen LogP contribution in [0, 0.1) is 0 Å². The Kier molecular flexibility index (Phi) is 8.83. The molecule has 1 amide bonds. The van der Waals surface area contributed by atoms with E-state index < -0.39 is 0 Å². The third kappa shape index (κ3) is 7.90. The molecule has 0 aromatic carbocycles. The first kappa shape index (κ1) is 17.8. The predicted octanol–water partition coefficient (Wildman–Crippen LogP) is 3.40. The third-order valence-corrected chi connectivity index (χ3v) is 3.66. The molecule has 0 saturated carbocycles. The number of nitrogens with zero attached hydrogens (tertiary/aromatic N) is 1. The summed E-state index contributed by atoms with van der Waals surface area (Å²) >= 11 is 0. The van der Waals surface area contributed by atoms with Crippen molar-refractivity contribution in [2.75, 3.05) is 27.2 Å². The van der Waals surface area contributed by atoms with Gasteiger partial charge in [-0.1, -0.05) is 32.6 Å². The molecule has 0 bridgehead atoms.